The lowest BCUT2D eigenvalue weighted by Crippen LogP contribution is -2.71. The minimum atomic E-state index is -2.72. The van der Waals surface area contributed by atoms with Crippen LogP contribution in [-0.2, 0) is 13.0 Å². The Bertz CT molecular complexity index is 666. The summed E-state index contributed by atoms with van der Waals surface area (Å²) in [5.74, 6) is 0. The molecule has 0 N–H and O–H groups in total. The van der Waals surface area contributed by atoms with Gasteiger partial charge in [0.1, 0.15) is 0 Å². The Balaban J connectivity index is 2.27. The molecule has 5 heteroatoms. The lowest BCUT2D eigenvalue weighted by Gasteiger charge is -2.35. The lowest BCUT2D eigenvalue weighted by molar-refractivity contribution is 0.202. The third kappa shape index (κ3) is 3.66. The summed E-state index contributed by atoms with van der Waals surface area (Å²) in [5.41, 5.74) is 0. The van der Waals surface area contributed by atoms with E-state index in [0.717, 1.165) is 0 Å². The van der Waals surface area contributed by atoms with Crippen LogP contribution in [0.15, 0.2) is 91.0 Å². The van der Waals surface area contributed by atoms with Gasteiger partial charge >= 0.3 is 9.53 Å². The van der Waals surface area contributed by atoms with E-state index in [2.05, 4.69) is 72.8 Å². The molecule has 3 rings (SSSR count). The first-order valence-electron chi connectivity index (χ1n) is 8.21. The third-order valence-electron chi connectivity index (χ3n) is 4.20. The topological polar surface area (TPSA) is 27.7 Å². The Morgan fingerprint density at radius 1 is 0.560 bits per heavy atom. The lowest BCUT2D eigenvalue weighted by atomic mass is 10.3. The van der Waals surface area contributed by atoms with Gasteiger partial charge in [0.25, 0.3) is 8.32 Å². The summed E-state index contributed by atoms with van der Waals surface area (Å²) in [4.78, 5) is 0. The Morgan fingerprint density at radius 2 is 0.880 bits per heavy atom. The summed E-state index contributed by atoms with van der Waals surface area (Å²) in [6, 6.07) is 31.3. The molecule has 0 aliphatic heterocycles. The molecule has 0 aromatic heterocycles. The van der Waals surface area contributed by atoms with E-state index < -0.39 is 17.8 Å². The van der Waals surface area contributed by atoms with Crippen molar-refractivity contribution in [1.29, 1.82) is 0 Å². The molecule has 0 radical (unpaired) electrons. The van der Waals surface area contributed by atoms with Crippen molar-refractivity contribution in [2.24, 2.45) is 0 Å². The van der Waals surface area contributed by atoms with Gasteiger partial charge in [-0.1, -0.05) is 91.0 Å². The second-order valence-electron chi connectivity index (χ2n) is 5.66. The molecule has 128 valence electrons. The van der Waals surface area contributed by atoms with E-state index in [9.17, 15) is 0 Å². The molecule has 0 unspecified atom stereocenters. The second kappa shape index (κ2) is 8.37. The zero-order chi connectivity index (χ0) is 17.5. The van der Waals surface area contributed by atoms with E-state index in [4.69, 9.17) is 13.0 Å². The van der Waals surface area contributed by atoms with Crippen LogP contribution in [0, 0.1) is 0 Å². The summed E-state index contributed by atoms with van der Waals surface area (Å²) >= 11 is 0. The molecule has 0 fully saturated rings. The zero-order valence-corrected chi connectivity index (χ0v) is 16.6. The summed E-state index contributed by atoms with van der Waals surface area (Å²) in [7, 11) is -1.68. The fraction of sp³-hybridized carbons (Fsp3) is 0.100. The second-order valence-corrected chi connectivity index (χ2v) is 11.2. The smallest absolute Gasteiger partial charge is 0.406 e. The molecular formula is C20H22O3Si2. The van der Waals surface area contributed by atoms with Crippen molar-refractivity contribution in [2.45, 2.75) is 0 Å². The standard InChI is InChI=1S/C20H22O3Si2/c1-21-24(22-2)23-25(18-12-6-3-7-13-18,19-14-8-4-9-15-19)20-16-10-5-11-17-20/h3-17,24H,1-2H3. The summed E-state index contributed by atoms with van der Waals surface area (Å²) < 4.78 is 17.8. The van der Waals surface area contributed by atoms with Gasteiger partial charge in [-0.05, 0) is 15.6 Å². The van der Waals surface area contributed by atoms with E-state index in [0.29, 0.717) is 0 Å². The van der Waals surface area contributed by atoms with Gasteiger partial charge in [-0.15, -0.1) is 0 Å². The van der Waals surface area contributed by atoms with E-state index >= 15 is 0 Å². The van der Waals surface area contributed by atoms with Gasteiger partial charge in [-0.25, -0.2) is 0 Å². The van der Waals surface area contributed by atoms with Gasteiger partial charge in [-0.3, -0.25) is 0 Å². The van der Waals surface area contributed by atoms with Crippen LogP contribution in [-0.4, -0.2) is 32.1 Å². The molecule has 0 saturated heterocycles. The first-order chi connectivity index (χ1) is 12.3. The third-order valence-corrected chi connectivity index (χ3v) is 10.6. The van der Waals surface area contributed by atoms with Crippen molar-refractivity contribution in [3.63, 3.8) is 0 Å². The maximum absolute atomic E-state index is 6.73. The van der Waals surface area contributed by atoms with E-state index in [1.54, 1.807) is 14.2 Å². The van der Waals surface area contributed by atoms with Crippen LogP contribution in [0.3, 0.4) is 0 Å². The highest BCUT2D eigenvalue weighted by atomic mass is 28.4. The molecule has 0 aliphatic rings. The Hall–Kier alpha value is -2.03. The largest absolute Gasteiger partial charge is 0.473 e. The van der Waals surface area contributed by atoms with Crippen LogP contribution >= 0.6 is 0 Å². The highest BCUT2D eigenvalue weighted by Gasteiger charge is 2.44. The first-order valence-corrected chi connectivity index (χ1v) is 11.5. The normalized spacial score (nSPS) is 11.6. The minimum absolute atomic E-state index is 1.18. The zero-order valence-electron chi connectivity index (χ0n) is 14.5. The maximum atomic E-state index is 6.73. The minimum Gasteiger partial charge on any atom is -0.406 e. The monoisotopic (exact) mass is 366 g/mol. The van der Waals surface area contributed by atoms with Crippen molar-refractivity contribution >= 4 is 33.4 Å². The Kier molecular flexibility index (Phi) is 5.96. The summed E-state index contributed by atoms with van der Waals surface area (Å²) in [6.45, 7) is 0. The predicted molar refractivity (Wildman–Crippen MR) is 106 cm³/mol. The first kappa shape index (κ1) is 17.8. The van der Waals surface area contributed by atoms with Crippen molar-refractivity contribution in [2.75, 3.05) is 14.2 Å². The van der Waals surface area contributed by atoms with Crippen LogP contribution in [0.4, 0.5) is 0 Å². The van der Waals surface area contributed by atoms with Crippen LogP contribution in [0.25, 0.3) is 0 Å². The Morgan fingerprint density at radius 3 is 1.16 bits per heavy atom. The van der Waals surface area contributed by atoms with Gasteiger partial charge < -0.3 is 13.0 Å². The highest BCUT2D eigenvalue weighted by Crippen LogP contribution is 2.11. The molecular weight excluding hydrogens is 344 g/mol. The molecule has 0 bridgehead atoms. The molecule has 0 spiro atoms. The number of benzene rings is 3. The fourth-order valence-electron chi connectivity index (χ4n) is 3.06. The number of rotatable bonds is 7. The molecule has 3 nitrogen and oxygen atoms in total. The average Bonchev–Trinajstić information content (AvgIpc) is 2.71. The van der Waals surface area contributed by atoms with Gasteiger partial charge in [0.05, 0.1) is 0 Å². The molecule has 3 aromatic rings. The van der Waals surface area contributed by atoms with E-state index in [1.165, 1.54) is 15.6 Å². The predicted octanol–water partition coefficient (Wildman–Crippen LogP) is 1.68. The fourth-order valence-corrected chi connectivity index (χ4v) is 9.80. The maximum Gasteiger partial charge on any atom is 0.473 e. The van der Waals surface area contributed by atoms with Crippen LogP contribution < -0.4 is 15.6 Å². The molecule has 3 aromatic carbocycles. The highest BCUT2D eigenvalue weighted by molar-refractivity contribution is 7.09. The molecule has 0 saturated carbocycles. The van der Waals surface area contributed by atoms with Crippen molar-refractivity contribution in [3.8, 4) is 0 Å². The van der Waals surface area contributed by atoms with Crippen molar-refractivity contribution in [1.82, 2.24) is 0 Å². The molecule has 25 heavy (non-hydrogen) atoms. The van der Waals surface area contributed by atoms with E-state index in [1.807, 2.05) is 18.2 Å². The summed E-state index contributed by atoms with van der Waals surface area (Å²) in [6.07, 6.45) is 0. The molecule has 0 heterocycles. The van der Waals surface area contributed by atoms with Crippen molar-refractivity contribution < 1.29 is 13.0 Å². The molecule has 0 aliphatic carbocycles. The Labute approximate surface area is 151 Å². The number of hydrogen-bond donors (Lipinski definition) is 0. The van der Waals surface area contributed by atoms with Gasteiger partial charge in [0.2, 0.25) is 0 Å². The van der Waals surface area contributed by atoms with Crippen LogP contribution in [0.2, 0.25) is 0 Å². The quantitative estimate of drug-likeness (QED) is 0.470. The molecule has 0 atom stereocenters. The van der Waals surface area contributed by atoms with Gasteiger partial charge in [0.15, 0.2) is 0 Å². The SMILES string of the molecule is CO[SiH](OC)O[Si](c1ccccc1)(c1ccccc1)c1ccccc1. The van der Waals surface area contributed by atoms with E-state index in [-0.39, 0.29) is 0 Å². The van der Waals surface area contributed by atoms with Crippen LogP contribution in [0.5, 0.6) is 0 Å². The number of hydrogen-bond acceptors (Lipinski definition) is 3. The molecule has 0 amide bonds. The average molecular weight is 367 g/mol. The van der Waals surface area contributed by atoms with Crippen LogP contribution in [0.1, 0.15) is 0 Å². The summed E-state index contributed by atoms with van der Waals surface area (Å²) in [5, 5.41) is 3.54. The van der Waals surface area contributed by atoms with Gasteiger partial charge in [-0.2, -0.15) is 0 Å². The van der Waals surface area contributed by atoms with Gasteiger partial charge in [0, 0.05) is 14.2 Å². The van der Waals surface area contributed by atoms with Crippen molar-refractivity contribution in [3.05, 3.63) is 91.0 Å².